The largest absolute Gasteiger partial charge is 0.457 e. The zero-order valence-electron chi connectivity index (χ0n) is 14.2. The smallest absolute Gasteiger partial charge is 0.342 e. The van der Waals surface area contributed by atoms with Crippen molar-refractivity contribution in [3.8, 4) is 0 Å². The van der Waals surface area contributed by atoms with Crippen molar-refractivity contribution in [2.75, 3.05) is 26.3 Å². The van der Waals surface area contributed by atoms with E-state index in [4.69, 9.17) is 21.1 Å². The summed E-state index contributed by atoms with van der Waals surface area (Å²) < 4.78 is 50.8. The second kappa shape index (κ2) is 8.35. The van der Waals surface area contributed by atoms with Crippen LogP contribution in [0.25, 0.3) is 0 Å². The zero-order chi connectivity index (χ0) is 19.4. The van der Waals surface area contributed by atoms with Crippen molar-refractivity contribution in [3.05, 3.63) is 64.4 Å². The van der Waals surface area contributed by atoms with Crippen LogP contribution < -0.4 is 0 Å². The van der Waals surface area contributed by atoms with Gasteiger partial charge < -0.3 is 9.47 Å². The molecule has 0 atom stereocenters. The summed E-state index contributed by atoms with van der Waals surface area (Å²) in [4.78, 5) is 12.2. The lowest BCUT2D eigenvalue weighted by Gasteiger charge is -2.26. The molecule has 0 bridgehead atoms. The minimum Gasteiger partial charge on any atom is -0.457 e. The summed E-state index contributed by atoms with van der Waals surface area (Å²) in [6.07, 6.45) is 0. The Hall–Kier alpha value is -2.00. The average molecular weight is 414 g/mol. The molecule has 9 heteroatoms. The first kappa shape index (κ1) is 19.8. The molecule has 1 saturated heterocycles. The maximum absolute atomic E-state index is 13.8. The summed E-state index contributed by atoms with van der Waals surface area (Å²) in [6, 6.07) is 9.97. The molecule has 3 rings (SSSR count). The molecule has 6 nitrogen and oxygen atoms in total. The minimum absolute atomic E-state index is 0.0522. The van der Waals surface area contributed by atoms with Crippen molar-refractivity contribution in [2.24, 2.45) is 0 Å². The molecule has 0 saturated carbocycles. The van der Waals surface area contributed by atoms with E-state index < -0.39 is 21.8 Å². The fraction of sp³-hybridized carbons (Fsp3) is 0.278. The van der Waals surface area contributed by atoms with Crippen LogP contribution in [0.4, 0.5) is 4.39 Å². The Labute approximate surface area is 161 Å². The number of ether oxygens (including phenoxy) is 2. The van der Waals surface area contributed by atoms with Crippen molar-refractivity contribution in [3.63, 3.8) is 0 Å². The number of morpholine rings is 1. The van der Waals surface area contributed by atoms with Gasteiger partial charge in [-0.05, 0) is 29.8 Å². The molecular formula is C18H17ClFNO5S. The van der Waals surface area contributed by atoms with Crippen LogP contribution in [0.2, 0.25) is 5.02 Å². The number of rotatable bonds is 5. The third kappa shape index (κ3) is 4.47. The minimum atomic E-state index is -3.66. The van der Waals surface area contributed by atoms with Gasteiger partial charge in [0.1, 0.15) is 18.0 Å². The van der Waals surface area contributed by atoms with Gasteiger partial charge in [-0.2, -0.15) is 4.31 Å². The maximum Gasteiger partial charge on any atom is 0.342 e. The monoisotopic (exact) mass is 413 g/mol. The Bertz CT molecular complexity index is 924. The zero-order valence-corrected chi connectivity index (χ0v) is 15.8. The lowest BCUT2D eigenvalue weighted by molar-refractivity contribution is 0.0467. The Balaban J connectivity index is 1.73. The van der Waals surface area contributed by atoms with E-state index in [1.165, 1.54) is 28.6 Å². The van der Waals surface area contributed by atoms with Crippen LogP contribution >= 0.6 is 11.6 Å². The van der Waals surface area contributed by atoms with Crippen molar-refractivity contribution in [2.45, 2.75) is 11.5 Å². The second-order valence-electron chi connectivity index (χ2n) is 5.84. The summed E-state index contributed by atoms with van der Waals surface area (Å²) in [5.74, 6) is -1.70. The topological polar surface area (TPSA) is 72.9 Å². The third-order valence-electron chi connectivity index (χ3n) is 4.04. The normalized spacial score (nSPS) is 15.5. The molecule has 2 aromatic rings. The molecular weight excluding hydrogens is 397 g/mol. The number of hydrogen-bond acceptors (Lipinski definition) is 5. The predicted molar refractivity (Wildman–Crippen MR) is 96.5 cm³/mol. The highest BCUT2D eigenvalue weighted by Crippen LogP contribution is 2.22. The number of hydrogen-bond donors (Lipinski definition) is 0. The molecule has 144 valence electrons. The molecule has 0 unspecified atom stereocenters. The van der Waals surface area contributed by atoms with Crippen LogP contribution in [-0.4, -0.2) is 45.0 Å². The van der Waals surface area contributed by atoms with E-state index >= 15 is 0 Å². The molecule has 0 aromatic heterocycles. The number of nitrogens with zero attached hydrogens (tertiary/aromatic N) is 1. The van der Waals surface area contributed by atoms with Gasteiger partial charge in [-0.1, -0.05) is 29.8 Å². The number of sulfonamides is 1. The SMILES string of the molecule is O=C(OCc1cccc(S(=O)(=O)N2CCOCC2)c1)c1c(F)cccc1Cl. The van der Waals surface area contributed by atoms with Gasteiger partial charge in [0.2, 0.25) is 10.0 Å². The molecule has 1 fully saturated rings. The van der Waals surface area contributed by atoms with Crippen LogP contribution in [-0.2, 0) is 26.1 Å². The molecule has 1 aliphatic heterocycles. The average Bonchev–Trinajstić information content (AvgIpc) is 2.67. The first-order valence-electron chi connectivity index (χ1n) is 8.17. The van der Waals surface area contributed by atoms with Gasteiger partial charge in [-0.15, -0.1) is 0 Å². The molecule has 1 aliphatic rings. The molecule has 2 aromatic carbocycles. The van der Waals surface area contributed by atoms with E-state index in [0.29, 0.717) is 18.8 Å². The van der Waals surface area contributed by atoms with E-state index in [9.17, 15) is 17.6 Å². The van der Waals surface area contributed by atoms with Crippen LogP contribution in [0.3, 0.4) is 0 Å². The van der Waals surface area contributed by atoms with Gasteiger partial charge in [0.15, 0.2) is 0 Å². The number of carbonyl (C=O) groups is 1. The van der Waals surface area contributed by atoms with Crippen molar-refractivity contribution >= 4 is 27.6 Å². The van der Waals surface area contributed by atoms with Crippen molar-refractivity contribution in [1.82, 2.24) is 4.31 Å². The fourth-order valence-electron chi connectivity index (χ4n) is 2.65. The van der Waals surface area contributed by atoms with Crippen molar-refractivity contribution in [1.29, 1.82) is 0 Å². The van der Waals surface area contributed by atoms with E-state index in [-0.39, 0.29) is 35.2 Å². The summed E-state index contributed by atoms with van der Waals surface area (Å²) in [5, 5.41) is -0.0522. The van der Waals surface area contributed by atoms with E-state index in [1.54, 1.807) is 12.1 Å². The first-order chi connectivity index (χ1) is 12.9. The molecule has 0 radical (unpaired) electrons. The Morgan fingerprint density at radius 3 is 2.59 bits per heavy atom. The standard InChI is InChI=1S/C18H17ClFNO5S/c19-15-5-2-6-16(20)17(15)18(22)26-12-13-3-1-4-14(11-13)27(23,24)21-7-9-25-10-8-21/h1-6,11H,7-10,12H2. The lowest BCUT2D eigenvalue weighted by Crippen LogP contribution is -2.40. The molecule has 1 heterocycles. The molecule has 0 amide bonds. The van der Waals surface area contributed by atoms with Gasteiger partial charge in [-0.25, -0.2) is 17.6 Å². The predicted octanol–water partition coefficient (Wildman–Crippen LogP) is 2.86. The lowest BCUT2D eigenvalue weighted by atomic mass is 10.2. The molecule has 27 heavy (non-hydrogen) atoms. The van der Waals surface area contributed by atoms with Gasteiger partial charge in [0, 0.05) is 13.1 Å². The van der Waals surface area contributed by atoms with Crippen LogP contribution in [0.1, 0.15) is 15.9 Å². The fourth-order valence-corrected chi connectivity index (χ4v) is 4.36. The highest BCUT2D eigenvalue weighted by molar-refractivity contribution is 7.89. The Morgan fingerprint density at radius 1 is 1.19 bits per heavy atom. The van der Waals surface area contributed by atoms with Gasteiger partial charge >= 0.3 is 5.97 Å². The molecule has 0 N–H and O–H groups in total. The second-order valence-corrected chi connectivity index (χ2v) is 8.18. The van der Waals surface area contributed by atoms with Crippen LogP contribution in [0.15, 0.2) is 47.4 Å². The van der Waals surface area contributed by atoms with E-state index in [2.05, 4.69) is 0 Å². The van der Waals surface area contributed by atoms with Gasteiger partial charge in [0.25, 0.3) is 0 Å². The van der Waals surface area contributed by atoms with Gasteiger partial charge in [0.05, 0.1) is 23.1 Å². The van der Waals surface area contributed by atoms with E-state index in [0.717, 1.165) is 6.07 Å². The summed E-state index contributed by atoms with van der Waals surface area (Å²) in [6.45, 7) is 1.05. The Morgan fingerprint density at radius 2 is 1.89 bits per heavy atom. The number of carbonyl (C=O) groups excluding carboxylic acids is 1. The highest BCUT2D eigenvalue weighted by atomic mass is 35.5. The summed E-state index contributed by atoms with van der Waals surface area (Å²) >= 11 is 5.84. The number of benzene rings is 2. The van der Waals surface area contributed by atoms with Crippen LogP contribution in [0, 0.1) is 5.82 Å². The van der Waals surface area contributed by atoms with Crippen LogP contribution in [0.5, 0.6) is 0 Å². The first-order valence-corrected chi connectivity index (χ1v) is 9.99. The van der Waals surface area contributed by atoms with Gasteiger partial charge in [-0.3, -0.25) is 0 Å². The number of halogens is 2. The molecule has 0 aliphatic carbocycles. The molecule has 0 spiro atoms. The third-order valence-corrected chi connectivity index (χ3v) is 6.25. The quantitative estimate of drug-likeness (QED) is 0.705. The van der Waals surface area contributed by atoms with Crippen molar-refractivity contribution < 1.29 is 27.1 Å². The Kier molecular flexibility index (Phi) is 6.11. The maximum atomic E-state index is 13.8. The van der Waals surface area contributed by atoms with E-state index in [1.807, 2.05) is 0 Å². The summed E-state index contributed by atoms with van der Waals surface area (Å²) in [7, 11) is -3.66. The number of esters is 1. The summed E-state index contributed by atoms with van der Waals surface area (Å²) in [5.41, 5.74) is 0.112. The highest BCUT2D eigenvalue weighted by Gasteiger charge is 2.26.